The number of nitrogens with two attached hydrogens (primary N) is 1. The van der Waals surface area contributed by atoms with Gasteiger partial charge in [-0.2, -0.15) is 5.10 Å². The maximum absolute atomic E-state index is 12.3. The van der Waals surface area contributed by atoms with Gasteiger partial charge >= 0.3 is 0 Å². The highest BCUT2D eigenvalue weighted by Crippen LogP contribution is 2.36. The Morgan fingerprint density at radius 3 is 2.71 bits per heavy atom. The van der Waals surface area contributed by atoms with E-state index >= 15 is 0 Å². The number of primary sulfonamides is 1. The highest BCUT2D eigenvalue weighted by atomic mass is 32.2. The summed E-state index contributed by atoms with van der Waals surface area (Å²) in [4.78, 5) is 12.3. The van der Waals surface area contributed by atoms with Crippen LogP contribution in [0.3, 0.4) is 0 Å². The van der Waals surface area contributed by atoms with E-state index in [-0.39, 0.29) is 4.90 Å². The lowest BCUT2D eigenvalue weighted by Gasteiger charge is -2.25. The number of aryl methyl sites for hydroxylation is 1. The second-order valence-corrected chi connectivity index (χ2v) is 9.75. The summed E-state index contributed by atoms with van der Waals surface area (Å²) in [5.74, 6) is 0. The number of anilines is 1. The van der Waals surface area contributed by atoms with E-state index in [0.29, 0.717) is 30.2 Å². The van der Waals surface area contributed by atoms with Gasteiger partial charge in [-0.25, -0.2) is 23.5 Å². The number of benzene rings is 1. The maximum Gasteiger partial charge on any atom is 0.240 e. The zero-order chi connectivity index (χ0) is 21.6. The molecule has 1 saturated heterocycles. The first-order valence-electron chi connectivity index (χ1n) is 9.65. The Bertz CT molecular complexity index is 1370. The molecule has 5 rings (SSSR count). The highest BCUT2D eigenvalue weighted by Gasteiger charge is 2.22. The number of fused-ring (bicyclic) bond motifs is 1. The van der Waals surface area contributed by atoms with Gasteiger partial charge in [-0.1, -0.05) is 29.5 Å². The Morgan fingerprint density at radius 2 is 1.94 bits per heavy atom. The van der Waals surface area contributed by atoms with Crippen LogP contribution in [0.25, 0.3) is 32.7 Å². The van der Waals surface area contributed by atoms with Gasteiger partial charge in [0.2, 0.25) is 10.0 Å². The Morgan fingerprint density at radius 1 is 1.13 bits per heavy atom. The summed E-state index contributed by atoms with van der Waals surface area (Å²) < 4.78 is 31.8. The van der Waals surface area contributed by atoms with E-state index in [0.717, 1.165) is 34.0 Å². The summed E-state index contributed by atoms with van der Waals surface area (Å²) in [6, 6.07) is 8.78. The lowest BCUT2D eigenvalue weighted by atomic mass is 10.1. The molecule has 0 aliphatic carbocycles. The number of aromatic nitrogens is 4. The van der Waals surface area contributed by atoms with Gasteiger partial charge in [0.15, 0.2) is 5.13 Å². The number of morpholine rings is 1. The normalized spacial score (nSPS) is 15.0. The van der Waals surface area contributed by atoms with Crippen molar-refractivity contribution in [3.8, 4) is 21.8 Å². The van der Waals surface area contributed by atoms with Crippen molar-refractivity contribution in [3.63, 3.8) is 0 Å². The molecular weight excluding hydrogens is 436 g/mol. The van der Waals surface area contributed by atoms with Crippen molar-refractivity contribution in [1.82, 2.24) is 19.7 Å². The number of ether oxygens (including phenoxy) is 1. The molecular formula is C20H20N6O3S2. The van der Waals surface area contributed by atoms with Crippen LogP contribution in [-0.4, -0.2) is 54.5 Å². The van der Waals surface area contributed by atoms with Gasteiger partial charge in [0.05, 0.1) is 41.2 Å². The first kappa shape index (κ1) is 20.1. The average molecular weight is 457 g/mol. The number of para-hydroxylation sites is 1. The summed E-state index contributed by atoms with van der Waals surface area (Å²) in [5.41, 5.74) is 2.38. The second-order valence-electron chi connectivity index (χ2n) is 7.21. The number of sulfonamides is 1. The largest absolute Gasteiger partial charge is 0.378 e. The van der Waals surface area contributed by atoms with E-state index in [9.17, 15) is 8.42 Å². The fraction of sp³-hybridized carbons (Fsp3) is 0.250. The number of nitrogens with zero attached hydrogens (tertiary/aromatic N) is 5. The predicted molar refractivity (Wildman–Crippen MR) is 119 cm³/mol. The van der Waals surface area contributed by atoms with Gasteiger partial charge in [-0.05, 0) is 12.1 Å². The zero-order valence-corrected chi connectivity index (χ0v) is 18.4. The van der Waals surface area contributed by atoms with Crippen LogP contribution >= 0.6 is 11.3 Å². The summed E-state index contributed by atoms with van der Waals surface area (Å²) in [6.07, 6.45) is 3.50. The molecule has 0 atom stereocenters. The third-order valence-corrected chi connectivity index (χ3v) is 7.23. The molecule has 0 bridgehead atoms. The smallest absolute Gasteiger partial charge is 0.240 e. The van der Waals surface area contributed by atoms with Crippen LogP contribution in [-0.2, 0) is 21.8 Å². The standard InChI is InChI=1S/C20H20N6O3S2/c1-25-19-13(11-23-25)3-2-4-14(19)18-17(31(21,27)28)6-5-15(24-18)16-12-22-20(30-16)26-7-9-29-10-8-26/h2-6,11-12H,7-10H2,1H3,(H2,21,27,28). The quantitative estimate of drug-likeness (QED) is 0.501. The molecule has 1 aliphatic rings. The van der Waals surface area contributed by atoms with Gasteiger partial charge in [-0.15, -0.1) is 0 Å². The summed E-state index contributed by atoms with van der Waals surface area (Å²) in [5, 5.41) is 11.6. The van der Waals surface area contributed by atoms with Crippen LogP contribution in [0.4, 0.5) is 5.13 Å². The number of rotatable bonds is 4. The van der Waals surface area contributed by atoms with Crippen molar-refractivity contribution in [2.75, 3.05) is 31.2 Å². The van der Waals surface area contributed by atoms with E-state index in [1.54, 1.807) is 23.1 Å². The monoisotopic (exact) mass is 456 g/mol. The molecule has 1 aliphatic heterocycles. The average Bonchev–Trinajstić information content (AvgIpc) is 3.41. The SMILES string of the molecule is Cn1ncc2cccc(-c3nc(-c4cnc(N5CCOCC5)s4)ccc3S(N)(=O)=O)c21. The lowest BCUT2D eigenvalue weighted by Crippen LogP contribution is -2.36. The zero-order valence-electron chi connectivity index (χ0n) is 16.7. The highest BCUT2D eigenvalue weighted by molar-refractivity contribution is 7.89. The van der Waals surface area contributed by atoms with E-state index in [1.165, 1.54) is 17.4 Å². The molecule has 4 heterocycles. The molecule has 1 aromatic carbocycles. The lowest BCUT2D eigenvalue weighted by molar-refractivity contribution is 0.122. The number of hydrogen-bond donors (Lipinski definition) is 1. The molecule has 160 valence electrons. The minimum absolute atomic E-state index is 0.0251. The Hall–Kier alpha value is -2.86. The molecule has 0 spiro atoms. The molecule has 4 aromatic rings. The van der Waals surface area contributed by atoms with Gasteiger partial charge < -0.3 is 9.64 Å². The minimum Gasteiger partial charge on any atom is -0.378 e. The first-order chi connectivity index (χ1) is 14.9. The molecule has 0 saturated carbocycles. The van der Waals surface area contributed by atoms with E-state index < -0.39 is 10.0 Å². The van der Waals surface area contributed by atoms with Crippen LogP contribution in [0.1, 0.15) is 0 Å². The molecule has 0 amide bonds. The van der Waals surface area contributed by atoms with Crippen molar-refractivity contribution in [2.45, 2.75) is 4.90 Å². The topological polar surface area (TPSA) is 116 Å². The number of thiazole rings is 1. The van der Waals surface area contributed by atoms with Crippen LogP contribution in [0, 0.1) is 0 Å². The third-order valence-electron chi connectivity index (χ3n) is 5.21. The van der Waals surface area contributed by atoms with Crippen LogP contribution < -0.4 is 10.0 Å². The molecule has 0 unspecified atom stereocenters. The van der Waals surface area contributed by atoms with Gasteiger partial charge in [0, 0.05) is 37.3 Å². The Kier molecular flexibility index (Phi) is 4.97. The molecule has 9 nitrogen and oxygen atoms in total. The van der Waals surface area contributed by atoms with Crippen molar-refractivity contribution in [3.05, 3.63) is 42.7 Å². The van der Waals surface area contributed by atoms with Crippen LogP contribution in [0.5, 0.6) is 0 Å². The minimum atomic E-state index is -3.98. The van der Waals surface area contributed by atoms with Crippen LogP contribution in [0.2, 0.25) is 0 Å². The summed E-state index contributed by atoms with van der Waals surface area (Å²) in [6.45, 7) is 2.93. The van der Waals surface area contributed by atoms with Crippen LogP contribution in [0.15, 0.2) is 47.6 Å². The number of pyridine rings is 1. The van der Waals surface area contributed by atoms with E-state index in [4.69, 9.17) is 14.9 Å². The summed E-state index contributed by atoms with van der Waals surface area (Å²) in [7, 11) is -2.17. The molecule has 11 heteroatoms. The molecule has 1 fully saturated rings. The van der Waals surface area contributed by atoms with Crippen molar-refractivity contribution in [2.24, 2.45) is 12.2 Å². The predicted octanol–water partition coefficient (Wildman–Crippen LogP) is 2.24. The fourth-order valence-electron chi connectivity index (χ4n) is 3.71. The van der Waals surface area contributed by atoms with Crippen molar-refractivity contribution >= 4 is 37.4 Å². The molecule has 31 heavy (non-hydrogen) atoms. The molecule has 2 N–H and O–H groups in total. The Balaban J connectivity index is 1.65. The molecule has 3 aromatic heterocycles. The third kappa shape index (κ3) is 3.69. The molecule has 0 radical (unpaired) electrons. The summed E-state index contributed by atoms with van der Waals surface area (Å²) >= 11 is 1.52. The van der Waals surface area contributed by atoms with E-state index in [1.807, 2.05) is 25.2 Å². The van der Waals surface area contributed by atoms with Gasteiger partial charge in [0.1, 0.15) is 4.90 Å². The van der Waals surface area contributed by atoms with E-state index in [2.05, 4.69) is 15.0 Å². The Labute approximate surface area is 183 Å². The maximum atomic E-state index is 12.3. The fourth-order valence-corrected chi connectivity index (χ4v) is 5.33. The van der Waals surface area contributed by atoms with Gasteiger partial charge in [0.25, 0.3) is 0 Å². The van der Waals surface area contributed by atoms with Crippen molar-refractivity contribution in [1.29, 1.82) is 0 Å². The van der Waals surface area contributed by atoms with Crippen molar-refractivity contribution < 1.29 is 13.2 Å². The number of hydrogen-bond acceptors (Lipinski definition) is 8. The second kappa shape index (κ2) is 7.68. The van der Waals surface area contributed by atoms with Gasteiger partial charge in [-0.3, -0.25) is 4.68 Å². The first-order valence-corrected chi connectivity index (χ1v) is 12.0.